The van der Waals surface area contributed by atoms with Crippen LogP contribution in [0.4, 0.5) is 0 Å². The molecule has 1 saturated heterocycles. The third-order valence-electron chi connectivity index (χ3n) is 3.57. The van der Waals surface area contributed by atoms with E-state index >= 15 is 0 Å². The van der Waals surface area contributed by atoms with Gasteiger partial charge in [-0.1, -0.05) is 6.07 Å². The molecule has 18 heavy (non-hydrogen) atoms. The number of rotatable bonds is 4. The fourth-order valence-electron chi connectivity index (χ4n) is 2.66. The summed E-state index contributed by atoms with van der Waals surface area (Å²) in [6.07, 6.45) is 7.45. The first-order valence-electron chi connectivity index (χ1n) is 6.44. The van der Waals surface area contributed by atoms with Crippen LogP contribution in [0.1, 0.15) is 30.1 Å². The SMILES string of the molecule is c1cncc(C2CCCN2CCc2cscn2)c1. The average molecular weight is 259 g/mol. The van der Waals surface area contributed by atoms with Crippen molar-refractivity contribution in [1.82, 2.24) is 14.9 Å². The average Bonchev–Trinajstić information content (AvgIpc) is 3.09. The second-order valence-electron chi connectivity index (χ2n) is 4.71. The van der Waals surface area contributed by atoms with E-state index in [9.17, 15) is 0 Å². The van der Waals surface area contributed by atoms with Gasteiger partial charge >= 0.3 is 0 Å². The van der Waals surface area contributed by atoms with E-state index in [-0.39, 0.29) is 0 Å². The fraction of sp³-hybridized carbons (Fsp3) is 0.429. The van der Waals surface area contributed by atoms with E-state index < -0.39 is 0 Å². The van der Waals surface area contributed by atoms with Gasteiger partial charge in [-0.25, -0.2) is 4.98 Å². The van der Waals surface area contributed by atoms with Crippen LogP contribution in [0.25, 0.3) is 0 Å². The highest BCUT2D eigenvalue weighted by Crippen LogP contribution is 2.31. The summed E-state index contributed by atoms with van der Waals surface area (Å²) in [6.45, 7) is 2.30. The molecule has 0 radical (unpaired) electrons. The second kappa shape index (κ2) is 5.59. The molecule has 0 bridgehead atoms. The number of thiazole rings is 1. The number of likely N-dealkylation sites (tertiary alicyclic amines) is 1. The van der Waals surface area contributed by atoms with Crippen molar-refractivity contribution < 1.29 is 0 Å². The molecule has 2 aromatic rings. The topological polar surface area (TPSA) is 29.0 Å². The molecule has 4 heteroatoms. The van der Waals surface area contributed by atoms with E-state index in [1.165, 1.54) is 30.6 Å². The molecule has 1 atom stereocenters. The number of pyridine rings is 1. The van der Waals surface area contributed by atoms with Gasteiger partial charge in [0.25, 0.3) is 0 Å². The molecule has 1 fully saturated rings. The number of hydrogen-bond acceptors (Lipinski definition) is 4. The van der Waals surface area contributed by atoms with E-state index in [0.717, 1.165) is 13.0 Å². The normalized spacial score (nSPS) is 20.3. The van der Waals surface area contributed by atoms with Gasteiger partial charge in [0.15, 0.2) is 0 Å². The maximum absolute atomic E-state index is 4.35. The van der Waals surface area contributed by atoms with Gasteiger partial charge < -0.3 is 0 Å². The van der Waals surface area contributed by atoms with Crippen LogP contribution in [-0.2, 0) is 6.42 Å². The molecule has 94 valence electrons. The second-order valence-corrected chi connectivity index (χ2v) is 5.43. The van der Waals surface area contributed by atoms with Crippen molar-refractivity contribution in [3.8, 4) is 0 Å². The lowest BCUT2D eigenvalue weighted by molar-refractivity contribution is 0.259. The lowest BCUT2D eigenvalue weighted by Crippen LogP contribution is -2.25. The molecule has 1 aliphatic rings. The summed E-state index contributed by atoms with van der Waals surface area (Å²) in [7, 11) is 0. The van der Waals surface area contributed by atoms with Crippen molar-refractivity contribution >= 4 is 11.3 Å². The Morgan fingerprint density at radius 1 is 1.44 bits per heavy atom. The Balaban J connectivity index is 1.65. The summed E-state index contributed by atoms with van der Waals surface area (Å²) in [5.41, 5.74) is 4.49. The Hall–Kier alpha value is -1.26. The number of aromatic nitrogens is 2. The summed E-state index contributed by atoms with van der Waals surface area (Å²) in [5.74, 6) is 0. The standard InChI is InChI=1S/C14H17N3S/c1-3-12(9-15-6-1)14-4-2-7-17(14)8-5-13-10-18-11-16-13/h1,3,6,9-11,14H,2,4-5,7-8H2. The van der Waals surface area contributed by atoms with Crippen LogP contribution in [0.15, 0.2) is 35.4 Å². The van der Waals surface area contributed by atoms with Crippen LogP contribution in [0.2, 0.25) is 0 Å². The zero-order valence-electron chi connectivity index (χ0n) is 10.3. The Bertz CT molecular complexity index is 469. The van der Waals surface area contributed by atoms with Crippen LogP contribution in [0.3, 0.4) is 0 Å². The van der Waals surface area contributed by atoms with Gasteiger partial charge in [0.2, 0.25) is 0 Å². The molecule has 0 N–H and O–H groups in total. The molecular formula is C14H17N3S. The Morgan fingerprint density at radius 3 is 3.22 bits per heavy atom. The van der Waals surface area contributed by atoms with Crippen LogP contribution >= 0.6 is 11.3 Å². The van der Waals surface area contributed by atoms with Crippen molar-refractivity contribution in [2.75, 3.05) is 13.1 Å². The van der Waals surface area contributed by atoms with Gasteiger partial charge in [-0.15, -0.1) is 11.3 Å². The van der Waals surface area contributed by atoms with Gasteiger partial charge in [-0.05, 0) is 31.0 Å². The minimum Gasteiger partial charge on any atom is -0.296 e. The minimum absolute atomic E-state index is 0.553. The van der Waals surface area contributed by atoms with E-state index in [0.29, 0.717) is 6.04 Å². The van der Waals surface area contributed by atoms with E-state index in [4.69, 9.17) is 0 Å². The lowest BCUT2D eigenvalue weighted by atomic mass is 10.1. The quantitative estimate of drug-likeness (QED) is 0.845. The highest BCUT2D eigenvalue weighted by Gasteiger charge is 2.25. The first-order valence-corrected chi connectivity index (χ1v) is 7.39. The summed E-state index contributed by atoms with van der Waals surface area (Å²) in [6, 6.07) is 4.78. The monoisotopic (exact) mass is 259 g/mol. The summed E-state index contributed by atoms with van der Waals surface area (Å²) < 4.78 is 0. The molecule has 0 aliphatic carbocycles. The van der Waals surface area contributed by atoms with Crippen molar-refractivity contribution in [3.05, 3.63) is 46.7 Å². The molecule has 1 unspecified atom stereocenters. The van der Waals surface area contributed by atoms with E-state index in [1.54, 1.807) is 11.3 Å². The van der Waals surface area contributed by atoms with Gasteiger partial charge in [0.1, 0.15) is 0 Å². The van der Waals surface area contributed by atoms with Gasteiger partial charge in [-0.3, -0.25) is 9.88 Å². The van der Waals surface area contributed by atoms with Gasteiger partial charge in [0, 0.05) is 36.8 Å². The largest absolute Gasteiger partial charge is 0.296 e. The molecule has 3 heterocycles. The predicted molar refractivity (Wildman–Crippen MR) is 73.6 cm³/mol. The Kier molecular flexibility index (Phi) is 3.67. The summed E-state index contributed by atoms with van der Waals surface area (Å²) in [4.78, 5) is 11.2. The predicted octanol–water partition coefficient (Wildman–Crippen LogP) is 2.92. The molecule has 3 nitrogen and oxygen atoms in total. The highest BCUT2D eigenvalue weighted by molar-refractivity contribution is 7.07. The Labute approximate surface area is 112 Å². The van der Waals surface area contributed by atoms with E-state index in [2.05, 4.69) is 26.3 Å². The fourth-order valence-corrected chi connectivity index (χ4v) is 3.26. The smallest absolute Gasteiger partial charge is 0.0794 e. The molecule has 0 amide bonds. The Morgan fingerprint density at radius 2 is 2.44 bits per heavy atom. The number of hydrogen-bond donors (Lipinski definition) is 0. The zero-order chi connectivity index (χ0) is 12.2. The van der Waals surface area contributed by atoms with Crippen LogP contribution in [0, 0.1) is 0 Å². The molecular weight excluding hydrogens is 242 g/mol. The van der Waals surface area contributed by atoms with Crippen molar-refractivity contribution in [3.63, 3.8) is 0 Å². The summed E-state index contributed by atoms with van der Waals surface area (Å²) >= 11 is 1.68. The zero-order valence-corrected chi connectivity index (χ0v) is 11.1. The maximum atomic E-state index is 4.35. The van der Waals surface area contributed by atoms with E-state index in [1.807, 2.05) is 24.0 Å². The van der Waals surface area contributed by atoms with Crippen LogP contribution in [-0.4, -0.2) is 28.0 Å². The van der Waals surface area contributed by atoms with Crippen LogP contribution in [0.5, 0.6) is 0 Å². The maximum Gasteiger partial charge on any atom is 0.0794 e. The molecule has 2 aromatic heterocycles. The lowest BCUT2D eigenvalue weighted by Gasteiger charge is -2.24. The van der Waals surface area contributed by atoms with Crippen molar-refractivity contribution in [2.45, 2.75) is 25.3 Å². The van der Waals surface area contributed by atoms with Gasteiger partial charge in [0.05, 0.1) is 11.2 Å². The molecule has 0 spiro atoms. The highest BCUT2D eigenvalue weighted by atomic mass is 32.1. The minimum atomic E-state index is 0.553. The number of nitrogens with zero attached hydrogens (tertiary/aromatic N) is 3. The van der Waals surface area contributed by atoms with Crippen LogP contribution < -0.4 is 0 Å². The third kappa shape index (κ3) is 2.60. The van der Waals surface area contributed by atoms with Gasteiger partial charge in [-0.2, -0.15) is 0 Å². The first kappa shape index (κ1) is 11.8. The third-order valence-corrected chi connectivity index (χ3v) is 4.21. The molecule has 1 aliphatic heterocycles. The molecule has 0 saturated carbocycles. The molecule has 3 rings (SSSR count). The van der Waals surface area contributed by atoms with Crippen molar-refractivity contribution in [1.29, 1.82) is 0 Å². The summed E-state index contributed by atoms with van der Waals surface area (Å²) in [5, 5.41) is 2.15. The molecule has 0 aromatic carbocycles. The van der Waals surface area contributed by atoms with Crippen molar-refractivity contribution in [2.24, 2.45) is 0 Å². The first-order chi connectivity index (χ1) is 8.93.